The van der Waals surface area contributed by atoms with Gasteiger partial charge in [-0.05, 0) is 82.2 Å². The van der Waals surface area contributed by atoms with E-state index in [-0.39, 0.29) is 0 Å². The third kappa shape index (κ3) is 3.32. The van der Waals surface area contributed by atoms with Gasteiger partial charge in [0.05, 0.1) is 0 Å². The summed E-state index contributed by atoms with van der Waals surface area (Å²) in [6.45, 7) is 10.6. The van der Waals surface area contributed by atoms with Crippen molar-refractivity contribution in [3.63, 3.8) is 0 Å². The minimum Gasteiger partial charge on any atom is -0.314 e. The van der Waals surface area contributed by atoms with Crippen molar-refractivity contribution in [1.29, 1.82) is 0 Å². The van der Waals surface area contributed by atoms with Crippen LogP contribution in [-0.2, 0) is 0 Å². The van der Waals surface area contributed by atoms with Gasteiger partial charge in [-0.25, -0.2) is 0 Å². The van der Waals surface area contributed by atoms with Crippen molar-refractivity contribution in [3.8, 4) is 0 Å². The molecule has 1 aromatic rings. The number of aryl methyl sites for hydroxylation is 2. The molecule has 0 bridgehead atoms. The van der Waals surface area contributed by atoms with E-state index in [4.69, 9.17) is 0 Å². The van der Waals surface area contributed by atoms with Crippen LogP contribution in [0.15, 0.2) is 18.2 Å². The lowest BCUT2D eigenvalue weighted by Crippen LogP contribution is -2.44. The van der Waals surface area contributed by atoms with E-state index in [0.29, 0.717) is 6.04 Å². The quantitative estimate of drug-likeness (QED) is 0.908. The highest BCUT2D eigenvalue weighted by molar-refractivity contribution is 5.31. The van der Waals surface area contributed by atoms with Crippen LogP contribution in [-0.4, -0.2) is 30.6 Å². The summed E-state index contributed by atoms with van der Waals surface area (Å²) in [7, 11) is 0. The molecule has 2 heterocycles. The topological polar surface area (TPSA) is 15.3 Å². The number of hydrogen-bond donors (Lipinski definition) is 1. The first kappa shape index (κ1) is 15.1. The molecule has 2 saturated heterocycles. The minimum atomic E-state index is 0.550. The summed E-state index contributed by atoms with van der Waals surface area (Å²) in [5.74, 6) is 0.857. The standard InChI is InChI=1S/C19H30N2/c1-14-8-9-17(12-15(14)2)16(3)21-11-5-6-18(13-21)19-7-4-10-20-19/h8-9,12,16,18-20H,4-7,10-11,13H2,1-3H3. The second-order valence-corrected chi connectivity index (χ2v) is 7.12. The van der Waals surface area contributed by atoms with Gasteiger partial charge >= 0.3 is 0 Å². The number of hydrogen-bond acceptors (Lipinski definition) is 2. The zero-order valence-electron chi connectivity index (χ0n) is 13.9. The van der Waals surface area contributed by atoms with Crippen LogP contribution in [0.25, 0.3) is 0 Å². The van der Waals surface area contributed by atoms with Gasteiger partial charge in [0.15, 0.2) is 0 Å². The fourth-order valence-electron chi connectivity index (χ4n) is 4.07. The second kappa shape index (κ2) is 6.50. The Labute approximate surface area is 129 Å². The molecule has 0 amide bonds. The molecule has 2 aliphatic rings. The molecule has 0 saturated carbocycles. The van der Waals surface area contributed by atoms with Gasteiger partial charge in [-0.3, -0.25) is 4.90 Å². The van der Waals surface area contributed by atoms with Gasteiger partial charge in [0, 0.05) is 18.6 Å². The molecule has 2 heteroatoms. The van der Waals surface area contributed by atoms with Gasteiger partial charge in [0.25, 0.3) is 0 Å². The van der Waals surface area contributed by atoms with Gasteiger partial charge in [-0.1, -0.05) is 18.2 Å². The fourth-order valence-corrected chi connectivity index (χ4v) is 4.07. The second-order valence-electron chi connectivity index (χ2n) is 7.12. The van der Waals surface area contributed by atoms with E-state index in [2.05, 4.69) is 49.2 Å². The van der Waals surface area contributed by atoms with E-state index in [9.17, 15) is 0 Å². The maximum atomic E-state index is 3.72. The molecule has 116 valence electrons. The zero-order chi connectivity index (χ0) is 14.8. The largest absolute Gasteiger partial charge is 0.314 e. The SMILES string of the molecule is Cc1ccc(C(C)N2CCCC(C3CCCN3)C2)cc1C. The number of nitrogens with zero attached hydrogens (tertiary/aromatic N) is 1. The highest BCUT2D eigenvalue weighted by Crippen LogP contribution is 2.30. The molecule has 3 unspecified atom stereocenters. The van der Waals surface area contributed by atoms with E-state index in [0.717, 1.165) is 12.0 Å². The summed E-state index contributed by atoms with van der Waals surface area (Å²) in [6, 6.07) is 8.32. The van der Waals surface area contributed by atoms with Crippen LogP contribution in [0, 0.1) is 19.8 Å². The molecule has 3 rings (SSSR count). The number of nitrogens with one attached hydrogen (secondary N) is 1. The Morgan fingerprint density at radius 1 is 1.14 bits per heavy atom. The van der Waals surface area contributed by atoms with E-state index >= 15 is 0 Å². The maximum absolute atomic E-state index is 3.72. The van der Waals surface area contributed by atoms with Crippen molar-refractivity contribution in [2.75, 3.05) is 19.6 Å². The molecule has 0 radical (unpaired) electrons. The first-order valence-corrected chi connectivity index (χ1v) is 8.70. The number of rotatable bonds is 3. The number of likely N-dealkylation sites (tertiary alicyclic amines) is 1. The Balaban J connectivity index is 1.68. The van der Waals surface area contributed by atoms with Crippen LogP contribution in [0.3, 0.4) is 0 Å². The van der Waals surface area contributed by atoms with Gasteiger partial charge in [0.2, 0.25) is 0 Å². The summed E-state index contributed by atoms with van der Waals surface area (Å²) >= 11 is 0. The minimum absolute atomic E-state index is 0.550. The third-order valence-corrected chi connectivity index (χ3v) is 5.72. The number of benzene rings is 1. The monoisotopic (exact) mass is 286 g/mol. The Morgan fingerprint density at radius 2 is 2.00 bits per heavy atom. The van der Waals surface area contributed by atoms with E-state index in [1.807, 2.05) is 0 Å². The van der Waals surface area contributed by atoms with Crippen molar-refractivity contribution in [2.45, 2.75) is 58.5 Å². The van der Waals surface area contributed by atoms with Crippen LogP contribution >= 0.6 is 0 Å². The normalized spacial score (nSPS) is 28.7. The molecule has 1 N–H and O–H groups in total. The molecule has 0 aromatic heterocycles. The Morgan fingerprint density at radius 3 is 2.71 bits per heavy atom. The predicted octanol–water partition coefficient (Wildman–Crippen LogP) is 3.83. The number of piperidine rings is 1. The lowest BCUT2D eigenvalue weighted by atomic mass is 9.88. The maximum Gasteiger partial charge on any atom is 0.0320 e. The van der Waals surface area contributed by atoms with E-state index in [1.165, 1.54) is 62.0 Å². The fraction of sp³-hybridized carbons (Fsp3) is 0.684. The molecule has 0 aliphatic carbocycles. The van der Waals surface area contributed by atoms with Crippen molar-refractivity contribution in [3.05, 3.63) is 34.9 Å². The summed E-state index contributed by atoms with van der Waals surface area (Å²) in [5.41, 5.74) is 4.31. The smallest absolute Gasteiger partial charge is 0.0320 e. The first-order valence-electron chi connectivity index (χ1n) is 8.70. The van der Waals surface area contributed by atoms with Crippen LogP contribution in [0.2, 0.25) is 0 Å². The Kier molecular flexibility index (Phi) is 4.66. The average Bonchev–Trinajstić information content (AvgIpc) is 3.04. The predicted molar refractivity (Wildman–Crippen MR) is 89.7 cm³/mol. The Bertz CT molecular complexity index is 476. The van der Waals surface area contributed by atoms with E-state index < -0.39 is 0 Å². The highest BCUT2D eigenvalue weighted by Gasteiger charge is 2.30. The lowest BCUT2D eigenvalue weighted by Gasteiger charge is -2.39. The highest BCUT2D eigenvalue weighted by atomic mass is 15.2. The van der Waals surface area contributed by atoms with Crippen molar-refractivity contribution in [1.82, 2.24) is 10.2 Å². The molecular formula is C19H30N2. The van der Waals surface area contributed by atoms with Crippen molar-refractivity contribution in [2.24, 2.45) is 5.92 Å². The van der Waals surface area contributed by atoms with Crippen LogP contribution in [0.5, 0.6) is 0 Å². The molecule has 21 heavy (non-hydrogen) atoms. The van der Waals surface area contributed by atoms with Crippen LogP contribution in [0.1, 0.15) is 55.3 Å². The lowest BCUT2D eigenvalue weighted by molar-refractivity contribution is 0.115. The summed E-state index contributed by atoms with van der Waals surface area (Å²) in [6.07, 6.45) is 5.52. The molecule has 3 atom stereocenters. The van der Waals surface area contributed by atoms with Gasteiger partial charge in [0.1, 0.15) is 0 Å². The summed E-state index contributed by atoms with van der Waals surface area (Å²) in [4.78, 5) is 2.71. The summed E-state index contributed by atoms with van der Waals surface area (Å²) in [5, 5.41) is 3.72. The average molecular weight is 286 g/mol. The van der Waals surface area contributed by atoms with Gasteiger partial charge < -0.3 is 5.32 Å². The van der Waals surface area contributed by atoms with Crippen LogP contribution < -0.4 is 5.32 Å². The van der Waals surface area contributed by atoms with E-state index in [1.54, 1.807) is 0 Å². The Hall–Kier alpha value is -0.860. The molecule has 1 aromatic carbocycles. The zero-order valence-corrected chi connectivity index (χ0v) is 13.9. The van der Waals surface area contributed by atoms with Crippen molar-refractivity contribution < 1.29 is 0 Å². The van der Waals surface area contributed by atoms with Crippen molar-refractivity contribution >= 4 is 0 Å². The van der Waals surface area contributed by atoms with Gasteiger partial charge in [-0.15, -0.1) is 0 Å². The molecular weight excluding hydrogens is 256 g/mol. The summed E-state index contributed by atoms with van der Waals surface area (Å²) < 4.78 is 0. The molecule has 2 aliphatic heterocycles. The van der Waals surface area contributed by atoms with Crippen LogP contribution in [0.4, 0.5) is 0 Å². The third-order valence-electron chi connectivity index (χ3n) is 5.72. The van der Waals surface area contributed by atoms with Gasteiger partial charge in [-0.2, -0.15) is 0 Å². The molecule has 2 fully saturated rings. The molecule has 2 nitrogen and oxygen atoms in total. The molecule has 0 spiro atoms. The first-order chi connectivity index (χ1) is 10.1.